The Labute approximate surface area is 213 Å². The molecule has 1 heterocycles. The number of nitrogens with one attached hydrogen (secondary N) is 4. The number of esters is 1. The molecule has 204 valence electrons. The second-order valence-electron chi connectivity index (χ2n) is 9.95. The molecule has 5 atom stereocenters. The van der Waals surface area contributed by atoms with Gasteiger partial charge in [0.1, 0.15) is 12.1 Å². The largest absolute Gasteiger partial charge is 0.463 e. The first kappa shape index (κ1) is 31.1. The monoisotopic (exact) mass is 509 g/mol. The van der Waals surface area contributed by atoms with Crippen LogP contribution in [0.5, 0.6) is 0 Å². The highest BCUT2D eigenvalue weighted by molar-refractivity contribution is 5.93. The summed E-state index contributed by atoms with van der Waals surface area (Å²) >= 11 is 0. The van der Waals surface area contributed by atoms with Gasteiger partial charge in [-0.05, 0) is 44.9 Å². The Morgan fingerprint density at radius 1 is 1.06 bits per heavy atom. The van der Waals surface area contributed by atoms with Gasteiger partial charge in [-0.3, -0.25) is 19.2 Å². The van der Waals surface area contributed by atoms with Gasteiger partial charge in [0.15, 0.2) is 0 Å². The topological polar surface area (TPSA) is 169 Å². The van der Waals surface area contributed by atoms with Crippen LogP contribution in [0.3, 0.4) is 0 Å². The van der Waals surface area contributed by atoms with E-state index in [0.29, 0.717) is 25.8 Å². The number of carbonyl (C=O) groups is 5. The average Bonchev–Trinajstić information content (AvgIpc) is 3.18. The summed E-state index contributed by atoms with van der Waals surface area (Å²) in [5, 5.41) is 11.0. The van der Waals surface area contributed by atoms with E-state index in [1.54, 1.807) is 20.8 Å². The first-order chi connectivity index (χ1) is 16.8. The molecule has 0 unspecified atom stereocenters. The molecule has 1 rings (SSSR count). The molecule has 11 heteroatoms. The fraction of sp³-hybridized carbons (Fsp3) is 0.720. The minimum atomic E-state index is -0.887. The molecule has 4 amide bonds. The van der Waals surface area contributed by atoms with E-state index in [-0.39, 0.29) is 30.3 Å². The summed E-state index contributed by atoms with van der Waals surface area (Å²) in [5.41, 5.74) is 5.62. The fourth-order valence-electron chi connectivity index (χ4n) is 3.81. The van der Waals surface area contributed by atoms with Crippen molar-refractivity contribution in [2.24, 2.45) is 23.5 Å². The Morgan fingerprint density at radius 3 is 2.22 bits per heavy atom. The van der Waals surface area contributed by atoms with Crippen LogP contribution in [0.1, 0.15) is 60.8 Å². The SMILES string of the molecule is CCOC(=O)/C=C/[C@H](C[C@@H]1CCNC1=O)NC(=O)[C@H](CC(C)C)NC(=O)[C@@H](NC(=O)[C@H](C)N)C(C)C. The number of hydrogen-bond acceptors (Lipinski definition) is 7. The first-order valence-corrected chi connectivity index (χ1v) is 12.6. The summed E-state index contributed by atoms with van der Waals surface area (Å²) in [7, 11) is 0. The van der Waals surface area contributed by atoms with Gasteiger partial charge in [-0.2, -0.15) is 0 Å². The Morgan fingerprint density at radius 2 is 1.72 bits per heavy atom. The number of nitrogens with two attached hydrogens (primary N) is 1. The lowest BCUT2D eigenvalue weighted by Gasteiger charge is -2.28. The van der Waals surface area contributed by atoms with Crippen LogP contribution in [-0.4, -0.2) is 66.9 Å². The lowest BCUT2D eigenvalue weighted by atomic mass is 9.96. The molecule has 0 spiro atoms. The maximum atomic E-state index is 13.3. The normalized spacial score (nSPS) is 18.9. The Kier molecular flexibility index (Phi) is 13.1. The summed E-state index contributed by atoms with van der Waals surface area (Å²) in [4.78, 5) is 62.4. The highest BCUT2D eigenvalue weighted by atomic mass is 16.5. The van der Waals surface area contributed by atoms with Crippen LogP contribution in [0.2, 0.25) is 0 Å². The number of carbonyl (C=O) groups excluding carboxylic acids is 5. The van der Waals surface area contributed by atoms with Crippen LogP contribution in [0.25, 0.3) is 0 Å². The lowest BCUT2D eigenvalue weighted by Crippen LogP contribution is -2.57. The van der Waals surface area contributed by atoms with Gasteiger partial charge in [-0.1, -0.05) is 33.8 Å². The standard InChI is InChI=1S/C25H43N5O6/c1-7-36-20(31)9-8-18(13-17-10-11-27-23(17)33)28-24(34)19(12-14(2)3)29-25(35)21(15(4)5)30-22(32)16(6)26/h8-9,14-19,21H,7,10-13,26H2,1-6H3,(H,27,33)(H,28,34)(H,29,35)(H,30,32)/b9-8+/t16-,17-,18+,19-,21-/m0/s1. The molecule has 0 aliphatic carbocycles. The number of hydrogen-bond donors (Lipinski definition) is 5. The van der Waals surface area contributed by atoms with Gasteiger partial charge < -0.3 is 31.7 Å². The van der Waals surface area contributed by atoms with E-state index >= 15 is 0 Å². The fourth-order valence-corrected chi connectivity index (χ4v) is 3.81. The minimum Gasteiger partial charge on any atom is -0.463 e. The molecule has 0 saturated carbocycles. The molecule has 36 heavy (non-hydrogen) atoms. The Balaban J connectivity index is 3.04. The molecule has 1 aliphatic rings. The van der Waals surface area contributed by atoms with Gasteiger partial charge in [-0.25, -0.2) is 4.79 Å². The molecular weight excluding hydrogens is 466 g/mol. The third-order valence-corrected chi connectivity index (χ3v) is 5.78. The maximum Gasteiger partial charge on any atom is 0.330 e. The van der Waals surface area contributed by atoms with Gasteiger partial charge >= 0.3 is 5.97 Å². The zero-order valence-electron chi connectivity index (χ0n) is 22.3. The predicted octanol–water partition coefficient (Wildman–Crippen LogP) is 0.136. The molecular formula is C25H43N5O6. The van der Waals surface area contributed by atoms with Crippen molar-refractivity contribution < 1.29 is 28.7 Å². The van der Waals surface area contributed by atoms with Crippen LogP contribution in [0.4, 0.5) is 0 Å². The molecule has 0 aromatic heterocycles. The predicted molar refractivity (Wildman–Crippen MR) is 135 cm³/mol. The maximum absolute atomic E-state index is 13.3. The van der Waals surface area contributed by atoms with Gasteiger partial charge in [0, 0.05) is 24.6 Å². The van der Waals surface area contributed by atoms with Gasteiger partial charge in [-0.15, -0.1) is 0 Å². The van der Waals surface area contributed by atoms with E-state index in [4.69, 9.17) is 10.5 Å². The second kappa shape index (κ2) is 15.2. The zero-order valence-corrected chi connectivity index (χ0v) is 22.3. The number of rotatable bonds is 14. The second-order valence-corrected chi connectivity index (χ2v) is 9.95. The summed E-state index contributed by atoms with van der Waals surface area (Å²) in [6.07, 6.45) is 4.02. The molecule has 0 aromatic rings. The zero-order chi connectivity index (χ0) is 27.4. The quantitative estimate of drug-likeness (QED) is 0.164. The smallest absolute Gasteiger partial charge is 0.330 e. The van der Waals surface area contributed by atoms with Crippen LogP contribution < -0.4 is 27.0 Å². The summed E-state index contributed by atoms with van der Waals surface area (Å²) in [6, 6.07) is -3.16. The highest BCUT2D eigenvalue weighted by Gasteiger charge is 2.32. The summed E-state index contributed by atoms with van der Waals surface area (Å²) < 4.78 is 4.92. The molecule has 6 N–H and O–H groups in total. The van der Waals surface area contributed by atoms with Crippen molar-refractivity contribution in [1.29, 1.82) is 0 Å². The van der Waals surface area contributed by atoms with Crippen molar-refractivity contribution in [3.8, 4) is 0 Å². The van der Waals surface area contributed by atoms with Gasteiger partial charge in [0.25, 0.3) is 0 Å². The van der Waals surface area contributed by atoms with E-state index in [1.807, 2.05) is 13.8 Å². The van der Waals surface area contributed by atoms with Crippen LogP contribution in [0.15, 0.2) is 12.2 Å². The van der Waals surface area contributed by atoms with Crippen molar-refractivity contribution in [1.82, 2.24) is 21.3 Å². The van der Waals surface area contributed by atoms with Crippen molar-refractivity contribution in [2.45, 2.75) is 85.0 Å². The first-order valence-electron chi connectivity index (χ1n) is 12.6. The van der Waals surface area contributed by atoms with Crippen molar-refractivity contribution in [3.63, 3.8) is 0 Å². The van der Waals surface area contributed by atoms with E-state index in [9.17, 15) is 24.0 Å². The van der Waals surface area contributed by atoms with E-state index in [2.05, 4.69) is 21.3 Å². The van der Waals surface area contributed by atoms with E-state index in [0.717, 1.165) is 0 Å². The third-order valence-electron chi connectivity index (χ3n) is 5.78. The molecule has 1 fully saturated rings. The van der Waals surface area contributed by atoms with Crippen LogP contribution in [0, 0.1) is 17.8 Å². The van der Waals surface area contributed by atoms with Crippen LogP contribution in [-0.2, 0) is 28.7 Å². The molecule has 1 aliphatic heterocycles. The molecule has 0 bridgehead atoms. The van der Waals surface area contributed by atoms with E-state index < -0.39 is 47.9 Å². The minimum absolute atomic E-state index is 0.0753. The van der Waals surface area contributed by atoms with Gasteiger partial charge in [0.05, 0.1) is 12.6 Å². The average molecular weight is 510 g/mol. The van der Waals surface area contributed by atoms with E-state index in [1.165, 1.54) is 19.1 Å². The summed E-state index contributed by atoms with van der Waals surface area (Å²) in [6.45, 7) is 11.4. The molecule has 0 aromatic carbocycles. The van der Waals surface area contributed by atoms with Gasteiger partial charge in [0.2, 0.25) is 23.6 Å². The van der Waals surface area contributed by atoms with Crippen LogP contribution >= 0.6 is 0 Å². The summed E-state index contributed by atoms with van der Waals surface area (Å²) in [5.74, 6) is -2.53. The third kappa shape index (κ3) is 10.8. The Hall–Kier alpha value is -2.95. The number of ether oxygens (including phenoxy) is 1. The van der Waals surface area contributed by atoms with Crippen molar-refractivity contribution >= 4 is 29.6 Å². The number of amides is 4. The van der Waals surface area contributed by atoms with Crippen molar-refractivity contribution in [2.75, 3.05) is 13.2 Å². The molecule has 1 saturated heterocycles. The lowest BCUT2D eigenvalue weighted by molar-refractivity contribution is -0.137. The highest BCUT2D eigenvalue weighted by Crippen LogP contribution is 2.17. The van der Waals surface area contributed by atoms with Crippen molar-refractivity contribution in [3.05, 3.63) is 12.2 Å². The molecule has 0 radical (unpaired) electrons. The molecule has 11 nitrogen and oxygen atoms in total. The Bertz CT molecular complexity index is 811.